The number of benzene rings is 1. The molecule has 0 saturated heterocycles. The van der Waals surface area contributed by atoms with Crippen LogP contribution in [0.1, 0.15) is 26.3 Å². The molecule has 0 fully saturated rings. The lowest BCUT2D eigenvalue weighted by atomic mass is 9.96. The largest absolute Gasteiger partial charge is 0.347 e. The van der Waals surface area contributed by atoms with Gasteiger partial charge in [-0.2, -0.15) is 0 Å². The maximum Gasteiger partial charge on any atom is 0.242 e. The van der Waals surface area contributed by atoms with Crippen molar-refractivity contribution in [2.75, 3.05) is 13.6 Å². The van der Waals surface area contributed by atoms with Crippen LogP contribution in [0.2, 0.25) is 5.02 Å². The van der Waals surface area contributed by atoms with E-state index in [4.69, 9.17) is 11.6 Å². The second-order valence-electron chi connectivity index (χ2n) is 5.81. The molecule has 1 N–H and O–H groups in total. The maximum atomic E-state index is 11.9. The summed E-state index contributed by atoms with van der Waals surface area (Å²) in [4.78, 5) is 25.2. The van der Waals surface area contributed by atoms with Gasteiger partial charge in [0.15, 0.2) is 0 Å². The molecular formula is C15H21ClN2O2. The zero-order chi connectivity index (χ0) is 15.3. The van der Waals surface area contributed by atoms with Gasteiger partial charge >= 0.3 is 0 Å². The summed E-state index contributed by atoms with van der Waals surface area (Å²) in [6, 6.07) is 7.33. The van der Waals surface area contributed by atoms with Gasteiger partial charge in [0.05, 0.1) is 6.54 Å². The van der Waals surface area contributed by atoms with Crippen molar-refractivity contribution in [3.8, 4) is 0 Å². The van der Waals surface area contributed by atoms with Crippen LogP contribution in [-0.2, 0) is 16.1 Å². The lowest BCUT2D eigenvalue weighted by Crippen LogP contribution is -2.42. The van der Waals surface area contributed by atoms with Crippen LogP contribution in [0.3, 0.4) is 0 Å². The average Bonchev–Trinajstić information content (AvgIpc) is 2.36. The Hall–Kier alpha value is -1.55. The summed E-state index contributed by atoms with van der Waals surface area (Å²) in [7, 11) is 1.71. The summed E-state index contributed by atoms with van der Waals surface area (Å²) in [5.41, 5.74) is 0.502. The first kappa shape index (κ1) is 16.5. The smallest absolute Gasteiger partial charge is 0.242 e. The van der Waals surface area contributed by atoms with Crippen molar-refractivity contribution < 1.29 is 9.59 Å². The lowest BCUT2D eigenvalue weighted by Gasteiger charge is -2.20. The minimum absolute atomic E-state index is 0.0141. The molecule has 0 radical (unpaired) electrons. The van der Waals surface area contributed by atoms with E-state index in [9.17, 15) is 9.59 Å². The third-order valence-electron chi connectivity index (χ3n) is 2.84. The molecule has 2 amide bonds. The Morgan fingerprint density at radius 2 is 1.75 bits per heavy atom. The second kappa shape index (κ2) is 6.75. The summed E-state index contributed by atoms with van der Waals surface area (Å²) in [5.74, 6) is -0.261. The fraction of sp³-hybridized carbons (Fsp3) is 0.467. The standard InChI is InChI=1S/C15H21ClN2O2/c1-15(2,3)14(20)17-9-13(19)18(4)10-11-5-7-12(16)8-6-11/h5-8H,9-10H2,1-4H3,(H,17,20). The molecule has 1 aromatic rings. The normalized spacial score (nSPS) is 11.1. The van der Waals surface area contributed by atoms with Gasteiger partial charge in [0.2, 0.25) is 11.8 Å². The van der Waals surface area contributed by atoms with E-state index >= 15 is 0 Å². The molecule has 0 spiro atoms. The third-order valence-corrected chi connectivity index (χ3v) is 3.09. The van der Waals surface area contributed by atoms with Gasteiger partial charge in [0, 0.05) is 24.0 Å². The molecule has 0 bridgehead atoms. The number of hydrogen-bond acceptors (Lipinski definition) is 2. The minimum Gasteiger partial charge on any atom is -0.347 e. The first-order valence-electron chi connectivity index (χ1n) is 6.47. The molecule has 0 unspecified atom stereocenters. The minimum atomic E-state index is -0.491. The van der Waals surface area contributed by atoms with Crippen molar-refractivity contribution >= 4 is 23.4 Å². The molecule has 4 nitrogen and oxygen atoms in total. The molecule has 0 aromatic heterocycles. The van der Waals surface area contributed by atoms with Gasteiger partial charge in [-0.3, -0.25) is 9.59 Å². The first-order valence-corrected chi connectivity index (χ1v) is 6.84. The quantitative estimate of drug-likeness (QED) is 0.928. The first-order chi connectivity index (χ1) is 9.20. The van der Waals surface area contributed by atoms with Crippen LogP contribution in [0.4, 0.5) is 0 Å². The van der Waals surface area contributed by atoms with Gasteiger partial charge in [-0.05, 0) is 17.7 Å². The fourth-order valence-electron chi connectivity index (χ4n) is 1.51. The average molecular weight is 297 g/mol. The molecule has 20 heavy (non-hydrogen) atoms. The van der Waals surface area contributed by atoms with E-state index in [-0.39, 0.29) is 18.4 Å². The van der Waals surface area contributed by atoms with Gasteiger partial charge in [-0.15, -0.1) is 0 Å². The number of amides is 2. The summed E-state index contributed by atoms with van der Waals surface area (Å²) in [6.07, 6.45) is 0. The van der Waals surface area contributed by atoms with E-state index in [1.54, 1.807) is 24.1 Å². The molecule has 0 saturated carbocycles. The highest BCUT2D eigenvalue weighted by atomic mass is 35.5. The van der Waals surface area contributed by atoms with Gasteiger partial charge in [0.1, 0.15) is 0 Å². The predicted molar refractivity (Wildman–Crippen MR) is 80.4 cm³/mol. The number of nitrogens with one attached hydrogen (secondary N) is 1. The Bertz CT molecular complexity index is 478. The Balaban J connectivity index is 2.47. The maximum absolute atomic E-state index is 11.9. The van der Waals surface area contributed by atoms with Crippen molar-refractivity contribution in [2.24, 2.45) is 5.41 Å². The number of rotatable bonds is 4. The Morgan fingerprint density at radius 1 is 1.20 bits per heavy atom. The molecule has 0 aliphatic carbocycles. The number of carbonyl (C=O) groups is 2. The number of likely N-dealkylation sites (N-methyl/N-ethyl adjacent to an activating group) is 1. The zero-order valence-corrected chi connectivity index (χ0v) is 13.1. The second-order valence-corrected chi connectivity index (χ2v) is 6.25. The number of hydrogen-bond donors (Lipinski definition) is 1. The molecule has 110 valence electrons. The number of nitrogens with zero attached hydrogens (tertiary/aromatic N) is 1. The fourth-order valence-corrected chi connectivity index (χ4v) is 1.63. The van der Waals surface area contributed by atoms with E-state index in [1.165, 1.54) is 0 Å². The van der Waals surface area contributed by atoms with Gasteiger partial charge < -0.3 is 10.2 Å². The monoisotopic (exact) mass is 296 g/mol. The van der Waals surface area contributed by atoms with Gasteiger partial charge in [-0.1, -0.05) is 44.5 Å². The Labute approximate surface area is 125 Å². The Kier molecular flexibility index (Phi) is 5.57. The topological polar surface area (TPSA) is 49.4 Å². The van der Waals surface area contributed by atoms with Crippen molar-refractivity contribution in [1.29, 1.82) is 0 Å². The molecule has 0 heterocycles. The van der Waals surface area contributed by atoms with Crippen LogP contribution in [0.15, 0.2) is 24.3 Å². The molecule has 5 heteroatoms. The van der Waals surface area contributed by atoms with E-state index in [0.29, 0.717) is 11.6 Å². The lowest BCUT2D eigenvalue weighted by molar-refractivity contribution is -0.134. The van der Waals surface area contributed by atoms with Crippen molar-refractivity contribution in [3.63, 3.8) is 0 Å². The molecule has 1 aromatic carbocycles. The molecule has 0 aliphatic heterocycles. The predicted octanol–water partition coefficient (Wildman–Crippen LogP) is 2.46. The molecule has 1 rings (SSSR count). The highest BCUT2D eigenvalue weighted by Gasteiger charge is 2.22. The zero-order valence-electron chi connectivity index (χ0n) is 12.4. The van der Waals surface area contributed by atoms with E-state index < -0.39 is 5.41 Å². The summed E-state index contributed by atoms with van der Waals surface area (Å²) >= 11 is 5.81. The van der Waals surface area contributed by atoms with Crippen LogP contribution in [0.25, 0.3) is 0 Å². The van der Waals surface area contributed by atoms with Gasteiger partial charge in [0.25, 0.3) is 0 Å². The molecule has 0 atom stereocenters. The summed E-state index contributed by atoms with van der Waals surface area (Å²) in [5, 5.41) is 3.31. The van der Waals surface area contributed by atoms with Crippen LogP contribution in [-0.4, -0.2) is 30.3 Å². The third kappa shape index (κ3) is 5.21. The molecular weight excluding hydrogens is 276 g/mol. The van der Waals surface area contributed by atoms with E-state index in [0.717, 1.165) is 5.56 Å². The van der Waals surface area contributed by atoms with Crippen LogP contribution >= 0.6 is 11.6 Å². The van der Waals surface area contributed by atoms with E-state index in [1.807, 2.05) is 32.9 Å². The number of carbonyl (C=O) groups excluding carboxylic acids is 2. The summed E-state index contributed by atoms with van der Waals surface area (Å²) < 4.78 is 0. The van der Waals surface area contributed by atoms with Crippen LogP contribution in [0.5, 0.6) is 0 Å². The highest BCUT2D eigenvalue weighted by molar-refractivity contribution is 6.30. The highest BCUT2D eigenvalue weighted by Crippen LogP contribution is 2.13. The van der Waals surface area contributed by atoms with E-state index in [2.05, 4.69) is 5.32 Å². The summed E-state index contributed by atoms with van der Waals surface area (Å²) in [6.45, 7) is 5.93. The SMILES string of the molecule is CN(Cc1ccc(Cl)cc1)C(=O)CNC(=O)C(C)(C)C. The Morgan fingerprint density at radius 3 is 2.25 bits per heavy atom. The van der Waals surface area contributed by atoms with Crippen LogP contribution < -0.4 is 5.32 Å². The van der Waals surface area contributed by atoms with Crippen molar-refractivity contribution in [3.05, 3.63) is 34.9 Å². The number of halogens is 1. The van der Waals surface area contributed by atoms with Crippen molar-refractivity contribution in [2.45, 2.75) is 27.3 Å². The van der Waals surface area contributed by atoms with Gasteiger partial charge in [-0.25, -0.2) is 0 Å². The molecule has 0 aliphatic rings. The van der Waals surface area contributed by atoms with Crippen LogP contribution in [0, 0.1) is 5.41 Å². The van der Waals surface area contributed by atoms with Crippen molar-refractivity contribution in [1.82, 2.24) is 10.2 Å².